The van der Waals surface area contributed by atoms with Gasteiger partial charge in [0.1, 0.15) is 12.1 Å². The molecule has 7 nitrogen and oxygen atoms in total. The van der Waals surface area contributed by atoms with Gasteiger partial charge in [-0.3, -0.25) is 9.59 Å². The molecule has 0 aliphatic rings. The first-order chi connectivity index (χ1) is 13.9. The van der Waals surface area contributed by atoms with Gasteiger partial charge in [-0.05, 0) is 11.1 Å². The molecule has 8 heteroatoms. The first-order valence-electron chi connectivity index (χ1n) is 9.18. The molecule has 2 rings (SSSR count). The second kappa shape index (κ2) is 11.2. The SMILES string of the molecule is N[C@H](CS)C(=O)N[C@H](Cc1ccccc1)C(=O)N[C@H](Cc1ccccc1)C(=O)O. The maximum atomic E-state index is 12.9. The number of nitrogens with two attached hydrogens (primary N) is 1. The van der Waals surface area contributed by atoms with Gasteiger partial charge in [-0.25, -0.2) is 4.79 Å². The number of carbonyl (C=O) groups is 3. The molecule has 29 heavy (non-hydrogen) atoms. The molecule has 154 valence electrons. The van der Waals surface area contributed by atoms with Crippen molar-refractivity contribution in [3.8, 4) is 0 Å². The summed E-state index contributed by atoms with van der Waals surface area (Å²) in [5.74, 6) is -2.14. The van der Waals surface area contributed by atoms with E-state index in [1.165, 1.54) is 0 Å². The first-order valence-corrected chi connectivity index (χ1v) is 9.81. The van der Waals surface area contributed by atoms with Crippen molar-refractivity contribution in [3.63, 3.8) is 0 Å². The van der Waals surface area contributed by atoms with E-state index < -0.39 is 35.9 Å². The van der Waals surface area contributed by atoms with Crippen LogP contribution in [0.3, 0.4) is 0 Å². The minimum absolute atomic E-state index is 0.122. The highest BCUT2D eigenvalue weighted by molar-refractivity contribution is 7.80. The van der Waals surface area contributed by atoms with Crippen LogP contribution in [0.5, 0.6) is 0 Å². The van der Waals surface area contributed by atoms with E-state index in [4.69, 9.17) is 5.73 Å². The Bertz CT molecular complexity index is 817. The quantitative estimate of drug-likeness (QED) is 0.367. The number of benzene rings is 2. The molecule has 2 aromatic rings. The Morgan fingerprint density at radius 1 is 0.828 bits per heavy atom. The third-order valence-electron chi connectivity index (χ3n) is 4.35. The van der Waals surface area contributed by atoms with E-state index in [9.17, 15) is 19.5 Å². The monoisotopic (exact) mass is 415 g/mol. The van der Waals surface area contributed by atoms with Gasteiger partial charge in [-0.1, -0.05) is 60.7 Å². The number of amides is 2. The van der Waals surface area contributed by atoms with E-state index in [-0.39, 0.29) is 18.6 Å². The van der Waals surface area contributed by atoms with Crippen LogP contribution in [-0.2, 0) is 27.2 Å². The Kier molecular flexibility index (Phi) is 8.69. The standard InChI is InChI=1S/C21H25N3O4S/c22-16(13-29)19(25)23-17(11-14-7-3-1-4-8-14)20(26)24-18(21(27)28)12-15-9-5-2-6-10-15/h1-10,16-18,29H,11-13,22H2,(H,23,25)(H,24,26)(H,27,28)/t16-,17-,18-/m1/s1. The lowest BCUT2D eigenvalue weighted by Gasteiger charge is -2.23. The van der Waals surface area contributed by atoms with Crippen molar-refractivity contribution in [2.45, 2.75) is 31.0 Å². The molecule has 0 spiro atoms. The number of hydrogen-bond acceptors (Lipinski definition) is 5. The van der Waals surface area contributed by atoms with Gasteiger partial charge in [0, 0.05) is 18.6 Å². The van der Waals surface area contributed by atoms with Gasteiger partial charge < -0.3 is 21.5 Å². The lowest BCUT2D eigenvalue weighted by molar-refractivity contribution is -0.142. The number of carboxylic acids is 1. The normalized spacial score (nSPS) is 13.7. The fourth-order valence-electron chi connectivity index (χ4n) is 2.74. The highest BCUT2D eigenvalue weighted by Crippen LogP contribution is 2.07. The van der Waals surface area contributed by atoms with E-state index in [1.54, 1.807) is 24.3 Å². The zero-order chi connectivity index (χ0) is 21.2. The Hall–Kier alpha value is -2.84. The van der Waals surface area contributed by atoms with Crippen LogP contribution in [0.15, 0.2) is 60.7 Å². The molecule has 3 atom stereocenters. The number of nitrogens with one attached hydrogen (secondary N) is 2. The van der Waals surface area contributed by atoms with Crippen LogP contribution in [0.25, 0.3) is 0 Å². The highest BCUT2D eigenvalue weighted by atomic mass is 32.1. The molecule has 0 heterocycles. The molecule has 5 N–H and O–H groups in total. The molecule has 2 amide bonds. The maximum absolute atomic E-state index is 12.9. The summed E-state index contributed by atoms with van der Waals surface area (Å²) in [7, 11) is 0. The second-order valence-electron chi connectivity index (χ2n) is 6.63. The Labute approximate surface area is 175 Å². The van der Waals surface area contributed by atoms with Crippen LogP contribution in [0, 0.1) is 0 Å². The molecular formula is C21H25N3O4S. The van der Waals surface area contributed by atoms with Crippen LogP contribution >= 0.6 is 12.6 Å². The third kappa shape index (κ3) is 7.24. The molecule has 2 aromatic carbocycles. The number of thiol groups is 1. The summed E-state index contributed by atoms with van der Waals surface area (Å²) < 4.78 is 0. The molecule has 0 unspecified atom stereocenters. The maximum Gasteiger partial charge on any atom is 0.326 e. The van der Waals surface area contributed by atoms with Crippen LogP contribution in [0.2, 0.25) is 0 Å². The minimum Gasteiger partial charge on any atom is -0.480 e. The smallest absolute Gasteiger partial charge is 0.326 e. The van der Waals surface area contributed by atoms with Crippen molar-refractivity contribution >= 4 is 30.4 Å². The Morgan fingerprint density at radius 2 is 1.28 bits per heavy atom. The van der Waals surface area contributed by atoms with Crippen LogP contribution in [0.4, 0.5) is 0 Å². The minimum atomic E-state index is -1.15. The number of carbonyl (C=O) groups excluding carboxylic acids is 2. The first kappa shape index (κ1) is 22.4. The molecule has 0 saturated heterocycles. The third-order valence-corrected chi connectivity index (χ3v) is 4.74. The summed E-state index contributed by atoms with van der Waals surface area (Å²) in [6.45, 7) is 0. The number of hydrogen-bond donors (Lipinski definition) is 5. The molecule has 0 fully saturated rings. The molecule has 0 saturated carbocycles. The highest BCUT2D eigenvalue weighted by Gasteiger charge is 2.28. The summed E-state index contributed by atoms with van der Waals surface area (Å²) >= 11 is 4.00. The average molecular weight is 416 g/mol. The molecule has 0 aliphatic carbocycles. The summed E-state index contributed by atoms with van der Waals surface area (Å²) in [4.78, 5) is 36.7. The van der Waals surface area contributed by atoms with Gasteiger partial charge in [0.2, 0.25) is 11.8 Å². The molecule has 0 aliphatic heterocycles. The molecule has 0 radical (unpaired) electrons. The lowest BCUT2D eigenvalue weighted by Crippen LogP contribution is -2.55. The zero-order valence-corrected chi connectivity index (χ0v) is 16.7. The van der Waals surface area contributed by atoms with Crippen LogP contribution < -0.4 is 16.4 Å². The van der Waals surface area contributed by atoms with E-state index in [0.717, 1.165) is 11.1 Å². The average Bonchev–Trinajstić information content (AvgIpc) is 2.73. The van der Waals surface area contributed by atoms with Crippen LogP contribution in [0.1, 0.15) is 11.1 Å². The fraction of sp³-hybridized carbons (Fsp3) is 0.286. The van der Waals surface area contributed by atoms with E-state index >= 15 is 0 Å². The summed E-state index contributed by atoms with van der Waals surface area (Å²) in [5.41, 5.74) is 7.30. The Balaban J connectivity index is 2.15. The topological polar surface area (TPSA) is 122 Å². The molecule has 0 aromatic heterocycles. The van der Waals surface area contributed by atoms with Gasteiger partial charge in [0.15, 0.2) is 0 Å². The van der Waals surface area contributed by atoms with Crippen molar-refractivity contribution < 1.29 is 19.5 Å². The summed E-state index contributed by atoms with van der Waals surface area (Å²) in [6, 6.07) is 15.2. The number of rotatable bonds is 10. The Morgan fingerprint density at radius 3 is 1.72 bits per heavy atom. The van der Waals surface area contributed by atoms with Crippen molar-refractivity contribution in [1.82, 2.24) is 10.6 Å². The second-order valence-corrected chi connectivity index (χ2v) is 6.99. The predicted molar refractivity (Wildman–Crippen MR) is 114 cm³/mol. The summed E-state index contributed by atoms with van der Waals surface area (Å²) in [6.07, 6.45) is 0.333. The summed E-state index contributed by atoms with van der Waals surface area (Å²) in [5, 5.41) is 14.7. The number of aliphatic carboxylic acids is 1. The van der Waals surface area contributed by atoms with Gasteiger partial charge in [-0.15, -0.1) is 0 Å². The largest absolute Gasteiger partial charge is 0.480 e. The van der Waals surface area contributed by atoms with Crippen molar-refractivity contribution in [3.05, 3.63) is 71.8 Å². The van der Waals surface area contributed by atoms with E-state index in [0.29, 0.717) is 0 Å². The molecule has 0 bridgehead atoms. The van der Waals surface area contributed by atoms with Crippen molar-refractivity contribution in [2.24, 2.45) is 5.73 Å². The zero-order valence-electron chi connectivity index (χ0n) is 15.8. The number of carboxylic acid groups (broad SMARTS) is 1. The predicted octanol–water partition coefficient (Wildman–Crippen LogP) is 0.783. The van der Waals surface area contributed by atoms with Gasteiger partial charge in [0.25, 0.3) is 0 Å². The van der Waals surface area contributed by atoms with E-state index in [1.807, 2.05) is 36.4 Å². The van der Waals surface area contributed by atoms with Crippen molar-refractivity contribution in [2.75, 3.05) is 5.75 Å². The fourth-order valence-corrected chi connectivity index (χ4v) is 2.91. The van der Waals surface area contributed by atoms with Gasteiger partial charge >= 0.3 is 5.97 Å². The lowest BCUT2D eigenvalue weighted by atomic mass is 10.0. The van der Waals surface area contributed by atoms with E-state index in [2.05, 4.69) is 23.3 Å². The van der Waals surface area contributed by atoms with Gasteiger partial charge in [-0.2, -0.15) is 12.6 Å². The van der Waals surface area contributed by atoms with Crippen LogP contribution in [-0.4, -0.2) is 46.8 Å². The molecular weight excluding hydrogens is 390 g/mol. The van der Waals surface area contributed by atoms with Crippen molar-refractivity contribution in [1.29, 1.82) is 0 Å². The van der Waals surface area contributed by atoms with Gasteiger partial charge in [0.05, 0.1) is 6.04 Å².